The summed E-state index contributed by atoms with van der Waals surface area (Å²) in [5, 5.41) is 2.81. The van der Waals surface area contributed by atoms with Crippen molar-refractivity contribution in [2.24, 2.45) is 5.41 Å². The van der Waals surface area contributed by atoms with E-state index in [0.717, 1.165) is 37.5 Å². The molecule has 0 heterocycles. The van der Waals surface area contributed by atoms with Crippen LogP contribution < -0.4 is 5.32 Å². The molecule has 0 aliphatic heterocycles. The van der Waals surface area contributed by atoms with Crippen molar-refractivity contribution in [1.82, 2.24) is 5.32 Å². The molecule has 1 aliphatic rings. The third kappa shape index (κ3) is 4.17. The van der Waals surface area contributed by atoms with Gasteiger partial charge in [-0.05, 0) is 42.9 Å². The Hall–Kier alpha value is -1.14. The number of carbonyl (C=O) groups is 1. The Kier molecular flexibility index (Phi) is 4.31. The van der Waals surface area contributed by atoms with Crippen LogP contribution in [0.4, 0.5) is 4.39 Å². The number of rotatable bonds is 3. The summed E-state index contributed by atoms with van der Waals surface area (Å²) >= 11 is 0. The number of nitrogens with one attached hydrogen (secondary N) is 1. The highest BCUT2D eigenvalue weighted by Crippen LogP contribution is 2.37. The van der Waals surface area contributed by atoms with Crippen LogP contribution in [0.5, 0.6) is 0 Å². The molecule has 116 valence electrons. The second kappa shape index (κ2) is 5.57. The van der Waals surface area contributed by atoms with Crippen molar-refractivity contribution in [2.45, 2.75) is 44.0 Å². The van der Waals surface area contributed by atoms with Crippen LogP contribution in [-0.2, 0) is 9.05 Å². The highest BCUT2D eigenvalue weighted by Gasteiger charge is 2.32. The summed E-state index contributed by atoms with van der Waals surface area (Å²) in [6.45, 7) is 4.25. The van der Waals surface area contributed by atoms with Gasteiger partial charge in [0.2, 0.25) is 0 Å². The third-order valence-corrected chi connectivity index (χ3v) is 5.05. The second-order valence-electron chi connectivity index (χ2n) is 6.19. The average molecular weight is 334 g/mol. The molecule has 7 heteroatoms. The van der Waals surface area contributed by atoms with Gasteiger partial charge in [-0.15, -0.1) is 0 Å². The number of halogens is 2. The maximum absolute atomic E-state index is 13.5. The normalized spacial score (nSPS) is 21.2. The molecule has 1 aromatic rings. The number of benzene rings is 1. The molecule has 1 unspecified atom stereocenters. The second-order valence-corrected chi connectivity index (χ2v) is 8.76. The highest BCUT2D eigenvalue weighted by atomic mass is 35.7. The SMILES string of the molecule is CC1(C)CCC(NC(=O)c2cc(F)cc(S(=O)(=O)Cl)c2)C1. The Balaban J connectivity index is 2.18. The van der Waals surface area contributed by atoms with Crippen molar-refractivity contribution >= 4 is 25.6 Å². The quantitative estimate of drug-likeness (QED) is 0.865. The Bertz CT molecular complexity index is 673. The summed E-state index contributed by atoms with van der Waals surface area (Å²) in [5.41, 5.74) is 0.128. The Morgan fingerprint density at radius 3 is 2.57 bits per heavy atom. The Morgan fingerprint density at radius 1 is 1.38 bits per heavy atom. The van der Waals surface area contributed by atoms with Crippen LogP contribution in [0.2, 0.25) is 0 Å². The molecule has 1 aromatic carbocycles. The van der Waals surface area contributed by atoms with E-state index in [1.807, 2.05) is 0 Å². The van der Waals surface area contributed by atoms with Crippen molar-refractivity contribution in [3.8, 4) is 0 Å². The first-order valence-electron chi connectivity index (χ1n) is 6.63. The maximum atomic E-state index is 13.5. The van der Waals surface area contributed by atoms with Gasteiger partial charge in [-0.2, -0.15) is 0 Å². The van der Waals surface area contributed by atoms with E-state index in [1.165, 1.54) is 0 Å². The fraction of sp³-hybridized carbons (Fsp3) is 0.500. The zero-order valence-electron chi connectivity index (χ0n) is 11.8. The van der Waals surface area contributed by atoms with E-state index in [-0.39, 0.29) is 17.0 Å². The van der Waals surface area contributed by atoms with E-state index in [1.54, 1.807) is 0 Å². The van der Waals surface area contributed by atoms with Gasteiger partial charge in [-0.3, -0.25) is 4.79 Å². The minimum Gasteiger partial charge on any atom is -0.349 e. The predicted molar refractivity (Wildman–Crippen MR) is 78.3 cm³/mol. The van der Waals surface area contributed by atoms with Crippen LogP contribution in [0.25, 0.3) is 0 Å². The third-order valence-electron chi connectivity index (χ3n) is 3.72. The summed E-state index contributed by atoms with van der Waals surface area (Å²) in [6.07, 6.45) is 2.70. The van der Waals surface area contributed by atoms with Crippen molar-refractivity contribution in [1.29, 1.82) is 0 Å². The van der Waals surface area contributed by atoms with Crippen LogP contribution in [0.15, 0.2) is 23.1 Å². The zero-order chi connectivity index (χ0) is 15.8. The van der Waals surface area contributed by atoms with E-state index in [9.17, 15) is 17.6 Å². The molecule has 1 N–H and O–H groups in total. The minimum absolute atomic E-state index is 0.0202. The monoisotopic (exact) mass is 333 g/mol. The zero-order valence-corrected chi connectivity index (χ0v) is 13.4. The summed E-state index contributed by atoms with van der Waals surface area (Å²) in [4.78, 5) is 11.7. The van der Waals surface area contributed by atoms with E-state index in [2.05, 4.69) is 19.2 Å². The van der Waals surface area contributed by atoms with Gasteiger partial charge in [0.05, 0.1) is 4.90 Å². The maximum Gasteiger partial charge on any atom is 0.261 e. The number of hydrogen-bond acceptors (Lipinski definition) is 3. The van der Waals surface area contributed by atoms with E-state index in [4.69, 9.17) is 10.7 Å². The first-order chi connectivity index (χ1) is 9.57. The smallest absolute Gasteiger partial charge is 0.261 e. The van der Waals surface area contributed by atoms with Crippen molar-refractivity contribution < 1.29 is 17.6 Å². The minimum atomic E-state index is -4.07. The van der Waals surface area contributed by atoms with Crippen LogP contribution in [-0.4, -0.2) is 20.4 Å². The van der Waals surface area contributed by atoms with Gasteiger partial charge in [0, 0.05) is 22.3 Å². The molecule has 2 rings (SSSR count). The Labute approximate surface area is 128 Å². The van der Waals surface area contributed by atoms with Crippen LogP contribution >= 0.6 is 10.7 Å². The first kappa shape index (κ1) is 16.2. The Morgan fingerprint density at radius 2 is 2.05 bits per heavy atom. The molecule has 0 aromatic heterocycles. The van der Waals surface area contributed by atoms with Crippen molar-refractivity contribution in [3.63, 3.8) is 0 Å². The molecule has 0 spiro atoms. The number of amides is 1. The van der Waals surface area contributed by atoms with E-state index < -0.39 is 25.7 Å². The molecule has 0 saturated heterocycles. The van der Waals surface area contributed by atoms with Gasteiger partial charge in [-0.1, -0.05) is 13.8 Å². The van der Waals surface area contributed by atoms with Gasteiger partial charge in [0.15, 0.2) is 0 Å². The molecule has 4 nitrogen and oxygen atoms in total. The first-order valence-corrected chi connectivity index (χ1v) is 8.94. The molecule has 1 aliphatic carbocycles. The van der Waals surface area contributed by atoms with Gasteiger partial charge in [-0.25, -0.2) is 12.8 Å². The van der Waals surface area contributed by atoms with Crippen molar-refractivity contribution in [3.05, 3.63) is 29.6 Å². The summed E-state index contributed by atoms with van der Waals surface area (Å²) in [6, 6.07) is 2.89. The van der Waals surface area contributed by atoms with Gasteiger partial charge in [0.25, 0.3) is 15.0 Å². The number of hydrogen-bond donors (Lipinski definition) is 1. The van der Waals surface area contributed by atoms with E-state index in [0.29, 0.717) is 0 Å². The summed E-state index contributed by atoms with van der Waals surface area (Å²) in [7, 11) is 1.11. The molecule has 1 saturated carbocycles. The summed E-state index contributed by atoms with van der Waals surface area (Å²) < 4.78 is 36.0. The molecular weight excluding hydrogens is 317 g/mol. The fourth-order valence-electron chi connectivity index (χ4n) is 2.66. The van der Waals surface area contributed by atoms with Crippen LogP contribution in [0.1, 0.15) is 43.5 Å². The molecule has 1 amide bonds. The van der Waals surface area contributed by atoms with E-state index >= 15 is 0 Å². The fourth-order valence-corrected chi connectivity index (χ4v) is 3.45. The van der Waals surface area contributed by atoms with Crippen LogP contribution in [0, 0.1) is 11.2 Å². The average Bonchev–Trinajstić information content (AvgIpc) is 2.66. The molecule has 1 fully saturated rings. The molecule has 0 radical (unpaired) electrons. The standard InChI is InChI=1S/C14H17ClFNO3S/c1-14(2)4-3-11(8-14)17-13(18)9-5-10(16)7-12(6-9)21(15,19)20/h5-7,11H,3-4,8H2,1-2H3,(H,17,18). The number of carbonyl (C=O) groups excluding carboxylic acids is 1. The lowest BCUT2D eigenvalue weighted by molar-refractivity contribution is 0.0935. The van der Waals surface area contributed by atoms with Gasteiger partial charge < -0.3 is 5.32 Å². The lowest BCUT2D eigenvalue weighted by Crippen LogP contribution is -2.33. The molecule has 0 bridgehead atoms. The van der Waals surface area contributed by atoms with Gasteiger partial charge in [0.1, 0.15) is 5.82 Å². The highest BCUT2D eigenvalue weighted by molar-refractivity contribution is 8.13. The molecular formula is C14H17ClFNO3S. The lowest BCUT2D eigenvalue weighted by Gasteiger charge is -2.18. The topological polar surface area (TPSA) is 63.2 Å². The largest absolute Gasteiger partial charge is 0.349 e. The lowest BCUT2D eigenvalue weighted by atomic mass is 9.92. The molecule has 1 atom stereocenters. The molecule has 21 heavy (non-hydrogen) atoms. The van der Waals surface area contributed by atoms with Crippen molar-refractivity contribution in [2.75, 3.05) is 0 Å². The van der Waals surface area contributed by atoms with Crippen LogP contribution in [0.3, 0.4) is 0 Å². The summed E-state index contributed by atoms with van der Waals surface area (Å²) in [5.74, 6) is -1.30. The van der Waals surface area contributed by atoms with Gasteiger partial charge >= 0.3 is 0 Å². The predicted octanol–water partition coefficient (Wildman–Crippen LogP) is 3.06.